The largest absolute Gasteiger partial charge is 0.463 e. The molecule has 2 aliphatic rings. The van der Waals surface area contributed by atoms with Crippen molar-refractivity contribution >= 4 is 41.7 Å². The Morgan fingerprint density at radius 2 is 0.977 bits per heavy atom. The van der Waals surface area contributed by atoms with Gasteiger partial charge in [-0.1, -0.05) is 0 Å². The van der Waals surface area contributed by atoms with E-state index in [2.05, 4.69) is 10.6 Å². The van der Waals surface area contributed by atoms with Crippen LogP contribution >= 0.6 is 0 Å². The summed E-state index contributed by atoms with van der Waals surface area (Å²) in [7, 11) is 0. The number of nitrogens with one attached hydrogen (secondary N) is 2. The first kappa shape index (κ1) is 36.3. The van der Waals surface area contributed by atoms with E-state index in [4.69, 9.17) is 37.9 Å². The molecule has 18 heteroatoms. The van der Waals surface area contributed by atoms with Gasteiger partial charge in [-0.15, -0.1) is 0 Å². The summed E-state index contributed by atoms with van der Waals surface area (Å²) >= 11 is 0. The Morgan fingerprint density at radius 3 is 1.41 bits per heavy atom. The molecular weight excluding hydrogens is 596 g/mol. The van der Waals surface area contributed by atoms with E-state index in [1.54, 1.807) is 0 Å². The summed E-state index contributed by atoms with van der Waals surface area (Å²) in [6.45, 7) is 6.64. The molecule has 0 aromatic carbocycles. The zero-order valence-corrected chi connectivity index (χ0v) is 25.3. The molecule has 0 unspecified atom stereocenters. The van der Waals surface area contributed by atoms with Crippen molar-refractivity contribution in [3.63, 3.8) is 0 Å². The summed E-state index contributed by atoms with van der Waals surface area (Å²) < 4.78 is 43.8. The van der Waals surface area contributed by atoms with Crippen LogP contribution in [0.1, 0.15) is 48.5 Å². The van der Waals surface area contributed by atoms with Crippen molar-refractivity contribution in [2.75, 3.05) is 13.2 Å². The summed E-state index contributed by atoms with van der Waals surface area (Å²) in [6, 6.07) is -2.67. The van der Waals surface area contributed by atoms with Crippen molar-refractivity contribution in [1.82, 2.24) is 10.6 Å². The number of rotatable bonds is 11. The van der Waals surface area contributed by atoms with Gasteiger partial charge in [-0.05, 0) is 0 Å². The average molecular weight is 635 g/mol. The van der Waals surface area contributed by atoms with Gasteiger partial charge in [-0.25, -0.2) is 0 Å². The molecule has 248 valence electrons. The Morgan fingerprint density at radius 1 is 0.568 bits per heavy atom. The monoisotopic (exact) mass is 634 g/mol. The van der Waals surface area contributed by atoms with Crippen LogP contribution in [0.3, 0.4) is 0 Å². The minimum Gasteiger partial charge on any atom is -0.463 e. The van der Waals surface area contributed by atoms with Crippen LogP contribution in [0.5, 0.6) is 0 Å². The Labute approximate surface area is 252 Å². The predicted octanol–water partition coefficient (Wildman–Crippen LogP) is -2.26. The topological polar surface area (TPSA) is 238 Å². The molecule has 2 heterocycles. The van der Waals surface area contributed by atoms with Crippen molar-refractivity contribution < 1.29 is 76.6 Å². The first-order valence-electron chi connectivity index (χ1n) is 13.5. The van der Waals surface area contributed by atoms with Gasteiger partial charge in [0.15, 0.2) is 37.0 Å². The zero-order valence-electron chi connectivity index (χ0n) is 25.3. The van der Waals surface area contributed by atoms with Crippen LogP contribution in [0.2, 0.25) is 0 Å². The Hall–Kier alpha value is -3.87. The van der Waals surface area contributed by atoms with E-state index in [-0.39, 0.29) is 0 Å². The minimum atomic E-state index is -1.78. The number of carbonyl (C=O) groups excluding carboxylic acids is 7. The van der Waals surface area contributed by atoms with E-state index in [1.807, 2.05) is 0 Å². The number of esters is 5. The van der Waals surface area contributed by atoms with Gasteiger partial charge in [0, 0.05) is 48.5 Å². The Bertz CT molecular complexity index is 1100. The molecule has 18 nitrogen and oxygen atoms in total. The smallest absolute Gasteiger partial charge is 0.303 e. The van der Waals surface area contributed by atoms with E-state index in [1.165, 1.54) is 0 Å². The summed E-state index contributed by atoms with van der Waals surface area (Å²) in [4.78, 5) is 83.4. The van der Waals surface area contributed by atoms with E-state index in [0.717, 1.165) is 48.5 Å². The Balaban J connectivity index is 2.48. The van der Waals surface area contributed by atoms with Gasteiger partial charge < -0.3 is 53.6 Å². The average Bonchev–Trinajstić information content (AvgIpc) is 2.87. The normalized spacial score (nSPS) is 31.5. The molecule has 3 N–H and O–H groups in total. The third kappa shape index (κ3) is 10.7. The van der Waals surface area contributed by atoms with Gasteiger partial charge in [0.1, 0.15) is 30.9 Å². The number of hydrogen-bond donors (Lipinski definition) is 3. The van der Waals surface area contributed by atoms with Gasteiger partial charge in [0.2, 0.25) is 11.8 Å². The van der Waals surface area contributed by atoms with Crippen molar-refractivity contribution in [3.8, 4) is 0 Å². The second kappa shape index (κ2) is 16.3. The minimum absolute atomic E-state index is 0.487. The molecule has 0 aliphatic carbocycles. The molecule has 2 aliphatic heterocycles. The van der Waals surface area contributed by atoms with E-state index in [9.17, 15) is 38.7 Å². The lowest BCUT2D eigenvalue weighted by Gasteiger charge is -2.46. The van der Waals surface area contributed by atoms with Gasteiger partial charge in [0.25, 0.3) is 0 Å². The highest BCUT2D eigenvalue weighted by atomic mass is 16.7. The predicted molar refractivity (Wildman–Crippen MR) is 140 cm³/mol. The highest BCUT2D eigenvalue weighted by Gasteiger charge is 2.53. The summed E-state index contributed by atoms with van der Waals surface area (Å²) in [5.74, 6) is -5.23. The number of ether oxygens (including phenoxy) is 8. The van der Waals surface area contributed by atoms with Gasteiger partial charge in [-0.2, -0.15) is 0 Å². The molecule has 2 fully saturated rings. The van der Waals surface area contributed by atoms with Crippen LogP contribution in [-0.2, 0) is 71.5 Å². The summed E-state index contributed by atoms with van der Waals surface area (Å²) in [5, 5.41) is 15.6. The lowest BCUT2D eigenvalue weighted by atomic mass is 9.95. The molecule has 2 amide bonds. The van der Waals surface area contributed by atoms with E-state index < -0.39 is 116 Å². The molecule has 10 atom stereocenters. The van der Waals surface area contributed by atoms with Crippen LogP contribution in [0.4, 0.5) is 0 Å². The zero-order chi connectivity index (χ0) is 33.3. The maximum absolute atomic E-state index is 12.2. The van der Waals surface area contributed by atoms with Crippen molar-refractivity contribution in [2.45, 2.75) is 110 Å². The van der Waals surface area contributed by atoms with Crippen LogP contribution in [0, 0.1) is 0 Å². The summed E-state index contributed by atoms with van der Waals surface area (Å²) in [5.41, 5.74) is 0. The standard InChI is InChI=1S/C26H38N2O16/c1-10(29)27-19-23(41-15(6)34)21(39-13(4)32)17(43-25(19)36)9-38-26-20(28-11(2)30)24(42-16(7)35)22(40-14(5)33)18(44-26)8-37-12(3)31/h17-26,36H,8-9H2,1-7H3,(H,27,29)(H,28,30)/t17-,18-,19-,20-,21-,22-,23-,24-,25+,26-/m1/s1. The molecular formula is C26H38N2O16. The maximum Gasteiger partial charge on any atom is 0.303 e. The second-order valence-corrected chi connectivity index (χ2v) is 9.99. The molecule has 2 rings (SSSR count). The fourth-order valence-corrected chi connectivity index (χ4v) is 4.73. The van der Waals surface area contributed by atoms with Crippen LogP contribution in [-0.4, -0.2) is 121 Å². The van der Waals surface area contributed by atoms with E-state index in [0.29, 0.717) is 0 Å². The molecule has 0 aromatic rings. The first-order chi connectivity index (χ1) is 20.5. The van der Waals surface area contributed by atoms with Crippen LogP contribution in [0.15, 0.2) is 0 Å². The molecule has 0 spiro atoms. The molecule has 0 bridgehead atoms. The number of hydrogen-bond acceptors (Lipinski definition) is 16. The van der Waals surface area contributed by atoms with Crippen LogP contribution in [0.25, 0.3) is 0 Å². The third-order valence-corrected chi connectivity index (χ3v) is 6.14. The molecule has 0 radical (unpaired) electrons. The quantitative estimate of drug-likeness (QED) is 0.161. The third-order valence-electron chi connectivity index (χ3n) is 6.14. The lowest BCUT2D eigenvalue weighted by Crippen LogP contribution is -2.68. The molecule has 44 heavy (non-hydrogen) atoms. The van der Waals surface area contributed by atoms with Gasteiger partial charge in [0.05, 0.1) is 6.61 Å². The van der Waals surface area contributed by atoms with Crippen molar-refractivity contribution in [2.24, 2.45) is 0 Å². The van der Waals surface area contributed by atoms with Crippen molar-refractivity contribution in [1.29, 1.82) is 0 Å². The number of aliphatic hydroxyl groups excluding tert-OH is 1. The fourth-order valence-electron chi connectivity index (χ4n) is 4.73. The number of aliphatic hydroxyl groups is 1. The van der Waals surface area contributed by atoms with E-state index >= 15 is 0 Å². The number of amides is 2. The molecule has 0 aromatic heterocycles. The summed E-state index contributed by atoms with van der Waals surface area (Å²) in [6.07, 6.45) is -11.6. The SMILES string of the molecule is CC(=O)N[C@@H]1[C@@H](OC(C)=O)[C@H](OC(C)=O)[C@@H](CO[C@@H]2O[C@H](COC(C)=O)[C@@H](OC(C)=O)[C@H](OC(C)=O)[C@H]2NC(C)=O)O[C@@H]1O. The maximum atomic E-state index is 12.2. The fraction of sp³-hybridized carbons (Fsp3) is 0.731. The lowest BCUT2D eigenvalue weighted by molar-refractivity contribution is -0.302. The Kier molecular flexibility index (Phi) is 13.4. The van der Waals surface area contributed by atoms with Crippen molar-refractivity contribution in [3.05, 3.63) is 0 Å². The first-order valence-corrected chi connectivity index (χ1v) is 13.5. The van der Waals surface area contributed by atoms with Crippen LogP contribution < -0.4 is 10.6 Å². The molecule has 0 saturated carbocycles. The molecule has 2 saturated heterocycles. The van der Waals surface area contributed by atoms with Gasteiger partial charge in [-0.3, -0.25) is 33.6 Å². The van der Waals surface area contributed by atoms with Gasteiger partial charge >= 0.3 is 29.8 Å². The number of carbonyl (C=O) groups is 7. The second-order valence-electron chi connectivity index (χ2n) is 9.99. The highest BCUT2D eigenvalue weighted by molar-refractivity contribution is 5.74. The highest BCUT2D eigenvalue weighted by Crippen LogP contribution is 2.30.